The molecule has 5 rings (SSSR count). The number of carboxylic acids is 1. The Hall–Kier alpha value is -2.90. The zero-order chi connectivity index (χ0) is 50.6. The Morgan fingerprint density at radius 1 is 0.971 bits per heavy atom. The second-order valence-electron chi connectivity index (χ2n) is 18.7. The number of aliphatic carboxylic acids is 1. The third-order valence-corrected chi connectivity index (χ3v) is 14.0. The first kappa shape index (κ1) is 57.0. The number of hydrogen-bond donors (Lipinski definition) is 9. The summed E-state index contributed by atoms with van der Waals surface area (Å²) in [6.45, 7) is 2.14. The summed E-state index contributed by atoms with van der Waals surface area (Å²) in [6, 6.07) is -1.34. The third-order valence-electron chi connectivity index (χ3n) is 13.6. The van der Waals surface area contributed by atoms with Gasteiger partial charge in [0, 0.05) is 33.0 Å². The van der Waals surface area contributed by atoms with Crippen LogP contribution in [0.4, 0.5) is 0 Å². The summed E-state index contributed by atoms with van der Waals surface area (Å²) in [5, 5.41) is 85.0. The number of aromatic nitrogens is 3. The van der Waals surface area contributed by atoms with Crippen LogP contribution in [0.1, 0.15) is 97.1 Å². The van der Waals surface area contributed by atoms with Crippen molar-refractivity contribution in [2.24, 2.45) is 17.8 Å². The Bertz CT molecular complexity index is 1890. The van der Waals surface area contributed by atoms with Gasteiger partial charge in [0.05, 0.1) is 57.5 Å². The van der Waals surface area contributed by atoms with Gasteiger partial charge in [-0.15, -0.1) is 5.10 Å². The molecule has 16 atom stereocenters. The zero-order valence-corrected chi connectivity index (χ0v) is 40.3. The SMILES string of the molecule is CCC1CC(C(=O)CCCOCc2cn(C(CO)(COC)COS(=O)(=O)O)nn2)C[C@@H](O[C@@H]2O[C@@H](CO)[C@H](O)C(O[C@@H](CC3CCCCC3)C(=O)O)C2NC(C)=O)[C@@H]1O[C@@H]1OC(C)[C@@H](O)[C@H](O)C1O. The number of nitrogens with zero attached hydrogens (tertiary/aromatic N) is 3. The summed E-state index contributed by atoms with van der Waals surface area (Å²) in [6.07, 6.45) is -9.53. The number of aliphatic hydroxyl groups excluding tert-OH is 6. The van der Waals surface area contributed by atoms with Crippen molar-refractivity contribution in [3.05, 3.63) is 11.9 Å². The van der Waals surface area contributed by atoms with Crippen molar-refractivity contribution >= 4 is 28.1 Å². The van der Waals surface area contributed by atoms with E-state index in [4.69, 9.17) is 37.7 Å². The molecule has 396 valence electrons. The van der Waals surface area contributed by atoms with Crippen LogP contribution in [-0.4, -0.2) is 201 Å². The van der Waals surface area contributed by atoms with Gasteiger partial charge in [0.1, 0.15) is 59.7 Å². The highest BCUT2D eigenvalue weighted by molar-refractivity contribution is 7.80. The van der Waals surface area contributed by atoms with Crippen molar-refractivity contribution in [2.45, 2.75) is 183 Å². The molecular weight excluding hydrogens is 941 g/mol. The van der Waals surface area contributed by atoms with Crippen LogP contribution in [0.5, 0.6) is 0 Å². The predicted molar refractivity (Wildman–Crippen MR) is 234 cm³/mol. The van der Waals surface area contributed by atoms with E-state index >= 15 is 0 Å². The van der Waals surface area contributed by atoms with E-state index in [9.17, 15) is 58.5 Å². The van der Waals surface area contributed by atoms with E-state index in [2.05, 4.69) is 19.8 Å². The number of Topliss-reactive ketones (excluding diaryl/α,β-unsaturated/α-hetero) is 1. The van der Waals surface area contributed by atoms with Crippen LogP contribution in [0.25, 0.3) is 0 Å². The molecule has 0 spiro atoms. The number of carbonyl (C=O) groups excluding carboxylic acids is 2. The fraction of sp³-hybridized carbons (Fsp3) is 0.884. The number of aliphatic hydroxyl groups is 6. The lowest BCUT2D eigenvalue weighted by atomic mass is 9.74. The average molecular weight is 1010 g/mol. The molecule has 0 radical (unpaired) electrons. The van der Waals surface area contributed by atoms with Crippen molar-refractivity contribution in [3.8, 4) is 0 Å². The standard InChI is InChI=1S/C43H72N4O21S/c1-5-26-15-27(29(51)12-9-13-62-19-28-17-47(46-45-28)43(20-49,21-61-4)22-63-69(58,59)60)16-30(38(26)68-42-37(55)36(54)34(52)23(2)64-42)66-41-33(44-24(3)50)39(35(53)32(18-48)67-41)65-31(40(56)57)14-25-10-7-6-8-11-25/h17,23,25-27,30-39,41-42,48-49,52-55H,5-16,18-22H2,1-4H3,(H,44,50)(H,56,57)(H,58,59,60)/t23?,26?,27?,30-,31+,32+,33?,34-,35+,36+,37?,38-,39?,41-,42+,43?/m1/s1. The molecule has 1 aromatic rings. The van der Waals surface area contributed by atoms with Crippen LogP contribution >= 0.6 is 0 Å². The molecule has 2 saturated carbocycles. The van der Waals surface area contributed by atoms with Gasteiger partial charge in [-0.1, -0.05) is 50.7 Å². The van der Waals surface area contributed by atoms with Gasteiger partial charge in [-0.2, -0.15) is 8.42 Å². The topological polar surface area (TPSA) is 364 Å². The molecule has 1 amide bonds. The van der Waals surface area contributed by atoms with Gasteiger partial charge in [0.25, 0.3) is 0 Å². The number of methoxy groups -OCH3 is 1. The van der Waals surface area contributed by atoms with Crippen LogP contribution in [-0.2, 0) is 74.3 Å². The molecule has 0 bridgehead atoms. The number of carboxylic acid groups (broad SMARTS) is 1. The Morgan fingerprint density at radius 2 is 1.70 bits per heavy atom. The molecule has 1 aromatic heterocycles. The Kier molecular flexibility index (Phi) is 21.6. The van der Waals surface area contributed by atoms with Gasteiger partial charge in [0.2, 0.25) is 5.91 Å². The summed E-state index contributed by atoms with van der Waals surface area (Å²) in [4.78, 5) is 39.5. The van der Waals surface area contributed by atoms with Crippen LogP contribution < -0.4 is 5.32 Å². The molecule has 9 N–H and O–H groups in total. The molecule has 69 heavy (non-hydrogen) atoms. The first-order valence-corrected chi connectivity index (χ1v) is 24.9. The summed E-state index contributed by atoms with van der Waals surface area (Å²) in [5.74, 6) is -3.09. The maximum atomic E-state index is 14.1. The Balaban J connectivity index is 1.33. The number of rotatable bonds is 26. The van der Waals surface area contributed by atoms with Crippen molar-refractivity contribution in [2.75, 3.05) is 40.1 Å². The lowest BCUT2D eigenvalue weighted by Gasteiger charge is -2.49. The van der Waals surface area contributed by atoms with Gasteiger partial charge in [0.15, 0.2) is 18.7 Å². The minimum absolute atomic E-state index is 0.00710. The number of ketones is 1. The van der Waals surface area contributed by atoms with E-state index in [1.54, 1.807) is 0 Å². The molecule has 7 unspecified atom stereocenters. The highest BCUT2D eigenvalue weighted by atomic mass is 32.3. The highest BCUT2D eigenvalue weighted by Gasteiger charge is 2.53. The number of nitrogens with one attached hydrogen (secondary N) is 1. The normalized spacial score (nSPS) is 33.9. The van der Waals surface area contributed by atoms with Crippen LogP contribution in [0, 0.1) is 17.8 Å². The van der Waals surface area contributed by atoms with Gasteiger partial charge in [-0.3, -0.25) is 14.1 Å². The smallest absolute Gasteiger partial charge is 0.397 e. The monoisotopic (exact) mass is 1010 g/mol. The summed E-state index contributed by atoms with van der Waals surface area (Å²) < 4.78 is 79.3. The van der Waals surface area contributed by atoms with Crippen molar-refractivity contribution in [1.29, 1.82) is 0 Å². The molecule has 4 aliphatic rings. The molecule has 2 saturated heterocycles. The maximum absolute atomic E-state index is 14.1. The average Bonchev–Trinajstić information content (AvgIpc) is 3.79. The maximum Gasteiger partial charge on any atom is 0.397 e. The van der Waals surface area contributed by atoms with Gasteiger partial charge >= 0.3 is 16.4 Å². The van der Waals surface area contributed by atoms with E-state index in [1.165, 1.54) is 27.2 Å². The summed E-state index contributed by atoms with van der Waals surface area (Å²) in [7, 11) is -3.55. The van der Waals surface area contributed by atoms with Gasteiger partial charge in [-0.05, 0) is 44.4 Å². The van der Waals surface area contributed by atoms with Crippen molar-refractivity contribution in [1.82, 2.24) is 20.3 Å². The minimum atomic E-state index is -4.86. The van der Waals surface area contributed by atoms with E-state index < -0.39 is 139 Å². The van der Waals surface area contributed by atoms with Crippen LogP contribution in [0.2, 0.25) is 0 Å². The molecular formula is C43H72N4O21S. The second kappa shape index (κ2) is 26.2. The molecule has 4 fully saturated rings. The zero-order valence-electron chi connectivity index (χ0n) is 39.5. The first-order valence-electron chi connectivity index (χ1n) is 23.6. The number of carbonyl (C=O) groups is 3. The molecule has 26 heteroatoms. The van der Waals surface area contributed by atoms with Gasteiger partial charge in [-0.25, -0.2) is 13.7 Å². The fourth-order valence-corrected chi connectivity index (χ4v) is 10.1. The summed E-state index contributed by atoms with van der Waals surface area (Å²) >= 11 is 0. The first-order chi connectivity index (χ1) is 32.7. The quantitative estimate of drug-likeness (QED) is 0.0386. The largest absolute Gasteiger partial charge is 0.479 e. The molecule has 2 aliphatic carbocycles. The van der Waals surface area contributed by atoms with Crippen molar-refractivity contribution < 1.29 is 100 Å². The summed E-state index contributed by atoms with van der Waals surface area (Å²) in [5.41, 5.74) is -1.28. The molecule has 25 nitrogen and oxygen atoms in total. The van der Waals surface area contributed by atoms with Crippen LogP contribution in [0.3, 0.4) is 0 Å². The number of ether oxygens (including phenoxy) is 7. The lowest BCUT2D eigenvalue weighted by molar-refractivity contribution is -0.338. The lowest BCUT2D eigenvalue weighted by Crippen LogP contribution is -2.67. The van der Waals surface area contributed by atoms with E-state index in [0.29, 0.717) is 6.42 Å². The predicted octanol–water partition coefficient (Wildman–Crippen LogP) is -1.28. The molecule has 2 aliphatic heterocycles. The second-order valence-corrected chi connectivity index (χ2v) is 19.8. The highest BCUT2D eigenvalue weighted by Crippen LogP contribution is 2.40. The van der Waals surface area contributed by atoms with Gasteiger partial charge < -0.3 is 74.2 Å². The Morgan fingerprint density at radius 3 is 2.32 bits per heavy atom. The minimum Gasteiger partial charge on any atom is -0.479 e. The molecule has 3 heterocycles. The van der Waals surface area contributed by atoms with Crippen molar-refractivity contribution in [3.63, 3.8) is 0 Å². The van der Waals surface area contributed by atoms with Crippen LogP contribution in [0.15, 0.2) is 6.20 Å². The molecule has 0 aromatic carbocycles. The third kappa shape index (κ3) is 15.3. The van der Waals surface area contributed by atoms with E-state index in [0.717, 1.165) is 36.8 Å². The Labute approximate surface area is 401 Å². The van der Waals surface area contributed by atoms with E-state index in [-0.39, 0.29) is 69.3 Å². The number of hydrogen-bond acceptors (Lipinski definition) is 21. The van der Waals surface area contributed by atoms with E-state index in [1.807, 2.05) is 6.92 Å². The fourth-order valence-electron chi connectivity index (χ4n) is 9.74. The number of amides is 1.